The molecule has 1 aromatic heterocycles. The number of hydrogen-bond donors (Lipinski definition) is 1. The lowest BCUT2D eigenvalue weighted by Gasteiger charge is -2.28. The molecule has 0 aliphatic rings. The third kappa shape index (κ3) is 3.85. The van der Waals surface area contributed by atoms with Crippen LogP contribution in [0.3, 0.4) is 0 Å². The molecule has 0 aromatic carbocycles. The van der Waals surface area contributed by atoms with Crippen molar-refractivity contribution in [2.24, 2.45) is 11.1 Å². The molecule has 2 N–H and O–H groups in total. The monoisotopic (exact) mass is 294 g/mol. The number of nitrogens with zero attached hydrogens (tertiary/aromatic N) is 1. The first-order valence-electron chi connectivity index (χ1n) is 5.17. The number of halogens is 2. The highest BCUT2D eigenvalue weighted by molar-refractivity contribution is 7.20. The quantitative estimate of drug-likeness (QED) is 0.927. The lowest BCUT2D eigenvalue weighted by atomic mass is 9.93. The van der Waals surface area contributed by atoms with E-state index in [2.05, 4.69) is 0 Å². The normalized spacial score (nSPS) is 11.6. The minimum absolute atomic E-state index is 0.114. The van der Waals surface area contributed by atoms with E-state index in [0.717, 1.165) is 0 Å². The van der Waals surface area contributed by atoms with Gasteiger partial charge in [-0.1, -0.05) is 37.0 Å². The van der Waals surface area contributed by atoms with Crippen molar-refractivity contribution in [2.45, 2.75) is 13.8 Å². The topological polar surface area (TPSA) is 46.3 Å². The van der Waals surface area contributed by atoms with Crippen LogP contribution in [0.1, 0.15) is 24.2 Å². The summed E-state index contributed by atoms with van der Waals surface area (Å²) >= 11 is 13.0. The minimum atomic E-state index is -0.125. The molecule has 0 fully saturated rings. The Balaban J connectivity index is 2.80. The van der Waals surface area contributed by atoms with E-state index in [4.69, 9.17) is 28.9 Å². The van der Waals surface area contributed by atoms with E-state index in [-0.39, 0.29) is 11.3 Å². The first-order chi connectivity index (χ1) is 7.76. The maximum Gasteiger partial charge on any atom is 0.256 e. The summed E-state index contributed by atoms with van der Waals surface area (Å²) in [5.41, 5.74) is 5.99. The molecular weight excluding hydrogens is 279 g/mol. The summed E-state index contributed by atoms with van der Waals surface area (Å²) < 4.78 is 0.947. The number of rotatable bonds is 4. The van der Waals surface area contributed by atoms with E-state index in [1.54, 1.807) is 18.0 Å². The van der Waals surface area contributed by atoms with Crippen LogP contribution in [0.2, 0.25) is 8.67 Å². The van der Waals surface area contributed by atoms with Gasteiger partial charge in [0.15, 0.2) is 0 Å². The molecule has 1 amide bonds. The van der Waals surface area contributed by atoms with E-state index < -0.39 is 0 Å². The van der Waals surface area contributed by atoms with Gasteiger partial charge in [-0.15, -0.1) is 11.3 Å². The molecule has 96 valence electrons. The second-order valence-electron chi connectivity index (χ2n) is 4.77. The maximum atomic E-state index is 12.1. The lowest BCUT2D eigenvalue weighted by molar-refractivity contribution is 0.0741. The fourth-order valence-corrected chi connectivity index (χ4v) is 2.92. The zero-order chi connectivity index (χ0) is 13.2. The van der Waals surface area contributed by atoms with E-state index in [1.807, 2.05) is 13.8 Å². The van der Waals surface area contributed by atoms with Crippen molar-refractivity contribution in [2.75, 3.05) is 20.1 Å². The van der Waals surface area contributed by atoms with Gasteiger partial charge in [0.1, 0.15) is 4.34 Å². The van der Waals surface area contributed by atoms with Crippen molar-refractivity contribution in [1.29, 1.82) is 0 Å². The molecular formula is C11H16Cl2N2OS. The predicted octanol–water partition coefficient (Wildman–Crippen LogP) is 3.11. The summed E-state index contributed by atoms with van der Waals surface area (Å²) in [6, 6.07) is 1.60. The summed E-state index contributed by atoms with van der Waals surface area (Å²) in [4.78, 5) is 13.7. The Morgan fingerprint density at radius 1 is 1.53 bits per heavy atom. The Kier molecular flexibility index (Phi) is 4.84. The van der Waals surface area contributed by atoms with E-state index in [1.165, 1.54) is 11.3 Å². The van der Waals surface area contributed by atoms with Gasteiger partial charge in [0, 0.05) is 13.6 Å². The van der Waals surface area contributed by atoms with E-state index >= 15 is 0 Å². The highest BCUT2D eigenvalue weighted by Crippen LogP contribution is 2.32. The molecule has 0 unspecified atom stereocenters. The molecule has 0 saturated carbocycles. The van der Waals surface area contributed by atoms with Gasteiger partial charge in [0.2, 0.25) is 0 Å². The van der Waals surface area contributed by atoms with Gasteiger partial charge >= 0.3 is 0 Å². The molecule has 6 heteroatoms. The second kappa shape index (κ2) is 5.57. The minimum Gasteiger partial charge on any atom is -0.341 e. The molecule has 0 bridgehead atoms. The summed E-state index contributed by atoms with van der Waals surface area (Å²) in [7, 11) is 1.74. The van der Waals surface area contributed by atoms with Crippen LogP contribution in [0, 0.1) is 5.41 Å². The second-order valence-corrected chi connectivity index (χ2v) is 7.05. The van der Waals surface area contributed by atoms with Gasteiger partial charge in [-0.3, -0.25) is 4.79 Å². The Morgan fingerprint density at radius 2 is 2.12 bits per heavy atom. The molecule has 0 radical (unpaired) electrons. The third-order valence-electron chi connectivity index (χ3n) is 2.45. The summed E-state index contributed by atoms with van der Waals surface area (Å²) in [5, 5.41) is 0. The Bertz CT molecular complexity index is 418. The molecule has 1 heterocycles. The summed E-state index contributed by atoms with van der Waals surface area (Å²) in [6.07, 6.45) is 0. The van der Waals surface area contributed by atoms with Crippen molar-refractivity contribution >= 4 is 40.4 Å². The predicted molar refractivity (Wildman–Crippen MR) is 74.1 cm³/mol. The van der Waals surface area contributed by atoms with Crippen LogP contribution in [0.15, 0.2) is 6.07 Å². The van der Waals surface area contributed by atoms with Gasteiger partial charge in [0.05, 0.1) is 9.90 Å². The van der Waals surface area contributed by atoms with Crippen LogP contribution in [0.25, 0.3) is 0 Å². The summed E-state index contributed by atoms with van der Waals surface area (Å²) in [6.45, 7) is 5.12. The van der Waals surface area contributed by atoms with Crippen LogP contribution in [-0.2, 0) is 0 Å². The number of carbonyl (C=O) groups excluding carboxylic acids is 1. The Labute approximate surface area is 115 Å². The van der Waals surface area contributed by atoms with Crippen LogP contribution in [0.5, 0.6) is 0 Å². The van der Waals surface area contributed by atoms with Gasteiger partial charge < -0.3 is 10.6 Å². The molecule has 0 aliphatic carbocycles. The average molecular weight is 295 g/mol. The van der Waals surface area contributed by atoms with Crippen LogP contribution < -0.4 is 5.73 Å². The molecule has 0 atom stereocenters. The molecule has 0 aliphatic heterocycles. The molecule has 1 rings (SSSR count). The van der Waals surface area contributed by atoms with Crippen LogP contribution in [0.4, 0.5) is 0 Å². The number of thiophene rings is 1. The third-order valence-corrected chi connectivity index (χ3v) is 3.94. The maximum absolute atomic E-state index is 12.1. The van der Waals surface area contributed by atoms with Gasteiger partial charge in [-0.2, -0.15) is 0 Å². The van der Waals surface area contributed by atoms with Crippen molar-refractivity contribution in [3.05, 3.63) is 20.3 Å². The zero-order valence-corrected chi connectivity index (χ0v) is 12.4. The van der Waals surface area contributed by atoms with Gasteiger partial charge in [0.25, 0.3) is 5.91 Å². The number of nitrogens with two attached hydrogens (primary N) is 1. The van der Waals surface area contributed by atoms with E-state index in [9.17, 15) is 4.79 Å². The molecule has 0 saturated heterocycles. The fraction of sp³-hybridized carbons (Fsp3) is 0.545. The highest BCUT2D eigenvalue weighted by atomic mass is 35.5. The largest absolute Gasteiger partial charge is 0.341 e. The van der Waals surface area contributed by atoms with Crippen molar-refractivity contribution in [3.63, 3.8) is 0 Å². The fourth-order valence-electron chi connectivity index (χ4n) is 1.47. The van der Waals surface area contributed by atoms with Gasteiger partial charge in [-0.05, 0) is 18.0 Å². The average Bonchev–Trinajstić information content (AvgIpc) is 2.56. The van der Waals surface area contributed by atoms with Crippen molar-refractivity contribution < 1.29 is 4.79 Å². The zero-order valence-electron chi connectivity index (χ0n) is 10.1. The van der Waals surface area contributed by atoms with Gasteiger partial charge in [-0.25, -0.2) is 0 Å². The number of hydrogen-bond acceptors (Lipinski definition) is 3. The number of amides is 1. The number of carbonyl (C=O) groups is 1. The standard InChI is InChI=1S/C11H16Cl2N2OS/c1-11(2,5-14)6-15(3)10(16)7-4-8(12)17-9(7)13/h4H,5-6,14H2,1-3H3. The van der Waals surface area contributed by atoms with Crippen LogP contribution in [-0.4, -0.2) is 30.9 Å². The first-order valence-corrected chi connectivity index (χ1v) is 6.74. The van der Waals surface area contributed by atoms with Crippen molar-refractivity contribution in [3.8, 4) is 0 Å². The summed E-state index contributed by atoms with van der Waals surface area (Å²) in [5.74, 6) is -0.125. The molecule has 0 spiro atoms. The Hall–Kier alpha value is -0.290. The van der Waals surface area contributed by atoms with E-state index in [0.29, 0.717) is 27.3 Å². The molecule has 1 aromatic rings. The molecule has 17 heavy (non-hydrogen) atoms. The van der Waals surface area contributed by atoms with Crippen molar-refractivity contribution in [1.82, 2.24) is 4.90 Å². The SMILES string of the molecule is CN(CC(C)(C)CN)C(=O)c1cc(Cl)sc1Cl. The first kappa shape index (κ1) is 14.8. The van der Waals surface area contributed by atoms with Crippen LogP contribution >= 0.6 is 34.5 Å². The highest BCUT2D eigenvalue weighted by Gasteiger charge is 2.24. The smallest absolute Gasteiger partial charge is 0.256 e. The lowest BCUT2D eigenvalue weighted by Crippen LogP contribution is -2.39. The molecule has 3 nitrogen and oxygen atoms in total. The Morgan fingerprint density at radius 3 is 2.53 bits per heavy atom.